The van der Waals surface area contributed by atoms with Crippen molar-refractivity contribution in [1.82, 2.24) is 9.88 Å². The van der Waals surface area contributed by atoms with Crippen LogP contribution in [0.3, 0.4) is 0 Å². The van der Waals surface area contributed by atoms with Crippen LogP contribution in [-0.2, 0) is 4.74 Å². The number of hydrogen-bond donors (Lipinski definition) is 0. The lowest BCUT2D eigenvalue weighted by Crippen LogP contribution is -2.21. The molecule has 0 unspecified atom stereocenters. The fraction of sp³-hybridized carbons (Fsp3) is 0.364. The van der Waals surface area contributed by atoms with Gasteiger partial charge in [0.15, 0.2) is 11.5 Å². The molecule has 0 saturated heterocycles. The summed E-state index contributed by atoms with van der Waals surface area (Å²) in [5, 5.41) is 0. The molecule has 1 aromatic carbocycles. The third-order valence-electron chi connectivity index (χ3n) is 4.56. The molecule has 0 amide bonds. The smallest absolute Gasteiger partial charge is 0.344 e. The second-order valence-corrected chi connectivity index (χ2v) is 6.05. The third-order valence-corrected chi connectivity index (χ3v) is 4.56. The highest BCUT2D eigenvalue weighted by Gasteiger charge is 2.28. The molecule has 1 aliphatic heterocycles. The van der Waals surface area contributed by atoms with Crippen LogP contribution in [0.4, 0.5) is 0 Å². The van der Waals surface area contributed by atoms with E-state index in [1.807, 2.05) is 12.1 Å². The molecule has 1 aliphatic rings. The number of hydrogen-bond acceptors (Lipinski definition) is 6. The van der Waals surface area contributed by atoms with Crippen molar-refractivity contribution in [1.29, 1.82) is 0 Å². The highest BCUT2D eigenvalue weighted by atomic mass is 16.5. The highest BCUT2D eigenvalue weighted by molar-refractivity contribution is 6.06. The molecule has 0 saturated carbocycles. The Bertz CT molecular complexity index is 809. The van der Waals surface area contributed by atoms with E-state index in [0.29, 0.717) is 28.4 Å². The lowest BCUT2D eigenvalue weighted by Gasteiger charge is -2.13. The van der Waals surface area contributed by atoms with Gasteiger partial charge in [0.2, 0.25) is 0 Å². The standard InChI is InChI=1S/C16H13NO4.C6H15N/c1-19-14-8-11-12(9-15(14)20-2)16(18)21-13(11)7-10-3-5-17-6-4-10;1-4-7(5-2)6-3/h3-9H,1-2H3;4-6H2,1-3H3. The van der Waals surface area contributed by atoms with Crippen LogP contribution >= 0.6 is 0 Å². The molecule has 150 valence electrons. The Morgan fingerprint density at radius 3 is 1.96 bits per heavy atom. The first-order valence-electron chi connectivity index (χ1n) is 9.40. The summed E-state index contributed by atoms with van der Waals surface area (Å²) in [6.07, 6.45) is 5.15. The highest BCUT2D eigenvalue weighted by Crippen LogP contribution is 2.39. The Hall–Kier alpha value is -2.86. The van der Waals surface area contributed by atoms with Crippen molar-refractivity contribution in [3.8, 4) is 11.5 Å². The van der Waals surface area contributed by atoms with Gasteiger partial charge in [0.1, 0.15) is 5.76 Å². The van der Waals surface area contributed by atoms with Crippen LogP contribution in [0, 0.1) is 0 Å². The Morgan fingerprint density at radius 2 is 1.50 bits per heavy atom. The summed E-state index contributed by atoms with van der Waals surface area (Å²) in [5.74, 6) is 1.14. The Balaban J connectivity index is 0.000000345. The molecule has 2 heterocycles. The maximum Gasteiger partial charge on any atom is 0.344 e. The molecule has 0 fully saturated rings. The summed E-state index contributed by atoms with van der Waals surface area (Å²) in [5.41, 5.74) is 2.05. The molecule has 0 atom stereocenters. The van der Waals surface area contributed by atoms with E-state index in [-0.39, 0.29) is 0 Å². The zero-order chi connectivity index (χ0) is 20.5. The van der Waals surface area contributed by atoms with Gasteiger partial charge in [0.25, 0.3) is 0 Å². The molecule has 1 aromatic heterocycles. The number of benzene rings is 1. The molecular formula is C22H28N2O4. The second-order valence-electron chi connectivity index (χ2n) is 6.05. The zero-order valence-corrected chi connectivity index (χ0v) is 17.2. The van der Waals surface area contributed by atoms with Crippen molar-refractivity contribution in [2.24, 2.45) is 0 Å². The van der Waals surface area contributed by atoms with E-state index in [2.05, 4.69) is 30.7 Å². The summed E-state index contributed by atoms with van der Waals surface area (Å²) in [7, 11) is 3.08. The monoisotopic (exact) mass is 384 g/mol. The summed E-state index contributed by atoms with van der Waals surface area (Å²) < 4.78 is 15.8. The number of rotatable bonds is 6. The van der Waals surface area contributed by atoms with Crippen LogP contribution in [0.15, 0.2) is 36.7 Å². The van der Waals surface area contributed by atoms with Gasteiger partial charge in [-0.15, -0.1) is 0 Å². The van der Waals surface area contributed by atoms with Crippen molar-refractivity contribution < 1.29 is 19.0 Å². The van der Waals surface area contributed by atoms with Crippen molar-refractivity contribution in [3.05, 3.63) is 53.3 Å². The Kier molecular flexibility index (Phi) is 8.02. The molecule has 6 nitrogen and oxygen atoms in total. The fourth-order valence-corrected chi connectivity index (χ4v) is 2.85. The summed E-state index contributed by atoms with van der Waals surface area (Å²) in [6, 6.07) is 7.04. The molecule has 2 aromatic rings. The quantitative estimate of drug-likeness (QED) is 0.699. The Morgan fingerprint density at radius 1 is 0.964 bits per heavy atom. The van der Waals surface area contributed by atoms with Gasteiger partial charge < -0.3 is 19.1 Å². The van der Waals surface area contributed by atoms with Gasteiger partial charge >= 0.3 is 5.97 Å². The molecule has 0 bridgehead atoms. The van der Waals surface area contributed by atoms with Crippen LogP contribution in [0.5, 0.6) is 11.5 Å². The van der Waals surface area contributed by atoms with Crippen molar-refractivity contribution >= 4 is 17.8 Å². The van der Waals surface area contributed by atoms with Crippen molar-refractivity contribution in [3.63, 3.8) is 0 Å². The first-order chi connectivity index (χ1) is 13.6. The van der Waals surface area contributed by atoms with E-state index < -0.39 is 5.97 Å². The van der Waals surface area contributed by atoms with E-state index in [1.54, 1.807) is 37.7 Å². The number of methoxy groups -OCH3 is 2. The minimum Gasteiger partial charge on any atom is -0.493 e. The molecule has 28 heavy (non-hydrogen) atoms. The van der Waals surface area contributed by atoms with Gasteiger partial charge in [-0.3, -0.25) is 4.98 Å². The Labute approximate surface area is 166 Å². The molecule has 0 spiro atoms. The molecular weight excluding hydrogens is 356 g/mol. The maximum absolute atomic E-state index is 12.0. The molecule has 0 N–H and O–H groups in total. The normalized spacial score (nSPS) is 13.6. The van der Waals surface area contributed by atoms with Crippen molar-refractivity contribution in [2.45, 2.75) is 20.8 Å². The number of pyridine rings is 1. The minimum absolute atomic E-state index is 0.397. The topological polar surface area (TPSA) is 60.9 Å². The van der Waals surface area contributed by atoms with Gasteiger partial charge in [-0.25, -0.2) is 4.79 Å². The number of ether oxygens (including phenoxy) is 3. The SMILES string of the molecule is CCN(CC)CC.COc1cc2c(cc1OC)C(=Cc1ccncc1)OC2=O. The first-order valence-corrected chi connectivity index (χ1v) is 9.40. The number of carbonyl (C=O) groups is 1. The van der Waals surface area contributed by atoms with Gasteiger partial charge in [-0.2, -0.15) is 0 Å². The van der Waals surface area contributed by atoms with E-state index in [9.17, 15) is 4.79 Å². The van der Waals surface area contributed by atoms with Gasteiger partial charge in [0.05, 0.1) is 19.8 Å². The number of fused-ring (bicyclic) bond motifs is 1. The lowest BCUT2D eigenvalue weighted by molar-refractivity contribution is 0.0717. The number of carbonyl (C=O) groups excluding carboxylic acids is 1. The number of aromatic nitrogens is 1. The predicted octanol–water partition coefficient (Wildman–Crippen LogP) is 4.12. The number of nitrogens with zero attached hydrogens (tertiary/aromatic N) is 2. The van der Waals surface area contributed by atoms with Gasteiger partial charge in [0, 0.05) is 18.0 Å². The fourth-order valence-electron chi connectivity index (χ4n) is 2.85. The van der Waals surface area contributed by atoms with Gasteiger partial charge in [-0.1, -0.05) is 20.8 Å². The van der Waals surface area contributed by atoms with E-state index in [1.165, 1.54) is 26.7 Å². The predicted molar refractivity (Wildman–Crippen MR) is 111 cm³/mol. The van der Waals surface area contributed by atoms with Gasteiger partial charge in [-0.05, 0) is 55.5 Å². The summed E-state index contributed by atoms with van der Waals surface area (Å²) >= 11 is 0. The third kappa shape index (κ3) is 5.10. The van der Waals surface area contributed by atoms with Crippen LogP contribution in [-0.4, -0.2) is 49.7 Å². The van der Waals surface area contributed by atoms with Crippen molar-refractivity contribution in [2.75, 3.05) is 33.9 Å². The van der Waals surface area contributed by atoms with Crippen LogP contribution in [0.2, 0.25) is 0 Å². The summed E-state index contributed by atoms with van der Waals surface area (Å²) in [6.45, 7) is 10.1. The molecule has 0 radical (unpaired) electrons. The second kappa shape index (κ2) is 10.5. The zero-order valence-electron chi connectivity index (χ0n) is 17.2. The van der Waals surface area contributed by atoms with Crippen LogP contribution < -0.4 is 9.47 Å². The number of esters is 1. The maximum atomic E-state index is 12.0. The molecule has 0 aliphatic carbocycles. The average Bonchev–Trinajstić information content (AvgIpc) is 3.04. The molecule has 3 rings (SSSR count). The number of cyclic esters (lactones) is 1. The van der Waals surface area contributed by atoms with E-state index in [0.717, 1.165) is 5.56 Å². The van der Waals surface area contributed by atoms with E-state index >= 15 is 0 Å². The average molecular weight is 384 g/mol. The van der Waals surface area contributed by atoms with Crippen LogP contribution in [0.1, 0.15) is 42.3 Å². The van der Waals surface area contributed by atoms with E-state index in [4.69, 9.17) is 14.2 Å². The summed E-state index contributed by atoms with van der Waals surface area (Å²) in [4.78, 5) is 18.3. The van der Waals surface area contributed by atoms with Crippen LogP contribution in [0.25, 0.3) is 11.8 Å². The lowest BCUT2D eigenvalue weighted by atomic mass is 10.1. The largest absolute Gasteiger partial charge is 0.493 e. The molecule has 6 heteroatoms. The minimum atomic E-state index is -0.397. The first kappa shape index (κ1) is 21.4.